The SMILES string of the molecule is COC(=O)CCc1csc(-c2ccc(Cl)c(F)c2)n1. The van der Waals surface area contributed by atoms with E-state index in [2.05, 4.69) is 9.72 Å². The summed E-state index contributed by atoms with van der Waals surface area (Å²) in [7, 11) is 1.35. The van der Waals surface area contributed by atoms with Crippen molar-refractivity contribution in [3.8, 4) is 10.6 Å². The van der Waals surface area contributed by atoms with E-state index in [0.29, 0.717) is 17.0 Å². The molecule has 0 aliphatic rings. The number of halogens is 2. The fourth-order valence-corrected chi connectivity index (χ4v) is 2.48. The van der Waals surface area contributed by atoms with Gasteiger partial charge in [-0.1, -0.05) is 17.7 Å². The molecule has 2 rings (SSSR count). The van der Waals surface area contributed by atoms with Gasteiger partial charge in [-0.05, 0) is 12.1 Å². The zero-order chi connectivity index (χ0) is 13.8. The molecule has 3 nitrogen and oxygen atoms in total. The summed E-state index contributed by atoms with van der Waals surface area (Å²) in [4.78, 5) is 15.4. The zero-order valence-corrected chi connectivity index (χ0v) is 11.7. The minimum atomic E-state index is -0.467. The predicted octanol–water partition coefficient (Wildman–Crippen LogP) is 3.71. The molecule has 0 aliphatic heterocycles. The van der Waals surface area contributed by atoms with Gasteiger partial charge in [0.1, 0.15) is 10.8 Å². The van der Waals surface area contributed by atoms with Crippen LogP contribution in [0, 0.1) is 5.82 Å². The number of ether oxygens (including phenoxy) is 1. The first-order valence-corrected chi connectivity index (χ1v) is 6.82. The molecule has 1 aromatic carbocycles. The van der Waals surface area contributed by atoms with Crippen molar-refractivity contribution >= 4 is 28.9 Å². The fraction of sp³-hybridized carbons (Fsp3) is 0.231. The molecule has 100 valence electrons. The molecule has 0 spiro atoms. The van der Waals surface area contributed by atoms with E-state index in [9.17, 15) is 9.18 Å². The molecule has 0 saturated carbocycles. The summed E-state index contributed by atoms with van der Waals surface area (Å²) in [6.07, 6.45) is 0.800. The van der Waals surface area contributed by atoms with Crippen molar-refractivity contribution in [1.29, 1.82) is 0 Å². The van der Waals surface area contributed by atoms with E-state index < -0.39 is 5.82 Å². The molecule has 0 amide bonds. The highest BCUT2D eigenvalue weighted by atomic mass is 35.5. The van der Waals surface area contributed by atoms with Crippen LogP contribution in [0.2, 0.25) is 5.02 Å². The summed E-state index contributed by atoms with van der Waals surface area (Å²) in [5.74, 6) is -0.738. The molecule has 19 heavy (non-hydrogen) atoms. The van der Waals surface area contributed by atoms with Crippen LogP contribution in [-0.4, -0.2) is 18.1 Å². The number of hydrogen-bond donors (Lipinski definition) is 0. The van der Waals surface area contributed by atoms with Gasteiger partial charge >= 0.3 is 5.97 Å². The largest absolute Gasteiger partial charge is 0.469 e. The number of carbonyl (C=O) groups excluding carboxylic acids is 1. The van der Waals surface area contributed by atoms with Crippen LogP contribution in [0.3, 0.4) is 0 Å². The normalized spacial score (nSPS) is 10.5. The minimum absolute atomic E-state index is 0.0891. The van der Waals surface area contributed by atoms with Gasteiger partial charge in [0.2, 0.25) is 0 Å². The quantitative estimate of drug-likeness (QED) is 0.808. The van der Waals surface area contributed by atoms with E-state index in [0.717, 1.165) is 5.69 Å². The minimum Gasteiger partial charge on any atom is -0.469 e. The van der Waals surface area contributed by atoms with Crippen molar-refractivity contribution in [1.82, 2.24) is 4.98 Å². The number of benzene rings is 1. The molecular weight excluding hydrogens is 289 g/mol. The van der Waals surface area contributed by atoms with Gasteiger partial charge in [0.25, 0.3) is 0 Å². The Hall–Kier alpha value is -1.46. The molecule has 1 aromatic heterocycles. The number of nitrogens with zero attached hydrogens (tertiary/aromatic N) is 1. The maximum atomic E-state index is 13.4. The maximum Gasteiger partial charge on any atom is 0.305 e. The fourth-order valence-electron chi connectivity index (χ4n) is 1.52. The molecule has 0 unspecified atom stereocenters. The zero-order valence-electron chi connectivity index (χ0n) is 10.2. The predicted molar refractivity (Wildman–Crippen MR) is 72.9 cm³/mol. The van der Waals surface area contributed by atoms with Crippen LogP contribution in [0.25, 0.3) is 10.6 Å². The van der Waals surface area contributed by atoms with Gasteiger partial charge in [-0.2, -0.15) is 0 Å². The molecule has 1 heterocycles. The van der Waals surface area contributed by atoms with E-state index in [1.807, 2.05) is 5.38 Å². The van der Waals surface area contributed by atoms with Crippen LogP contribution in [-0.2, 0) is 16.0 Å². The number of hydrogen-bond acceptors (Lipinski definition) is 4. The van der Waals surface area contributed by atoms with Gasteiger partial charge in [-0.25, -0.2) is 9.37 Å². The van der Waals surface area contributed by atoms with Gasteiger partial charge < -0.3 is 4.74 Å². The van der Waals surface area contributed by atoms with E-state index in [1.54, 1.807) is 6.07 Å². The first kappa shape index (κ1) is 14.0. The lowest BCUT2D eigenvalue weighted by Crippen LogP contribution is -2.01. The van der Waals surface area contributed by atoms with Crippen LogP contribution < -0.4 is 0 Å². The van der Waals surface area contributed by atoms with E-state index >= 15 is 0 Å². The highest BCUT2D eigenvalue weighted by Gasteiger charge is 2.09. The Morgan fingerprint density at radius 2 is 2.32 bits per heavy atom. The first-order chi connectivity index (χ1) is 9.10. The monoisotopic (exact) mass is 299 g/mol. The van der Waals surface area contributed by atoms with Crippen molar-refractivity contribution in [2.75, 3.05) is 7.11 Å². The molecule has 0 atom stereocenters. The van der Waals surface area contributed by atoms with E-state index in [-0.39, 0.29) is 17.4 Å². The summed E-state index contributed by atoms with van der Waals surface area (Å²) < 4.78 is 17.9. The number of aryl methyl sites for hydroxylation is 1. The highest BCUT2D eigenvalue weighted by Crippen LogP contribution is 2.27. The van der Waals surface area contributed by atoms with E-state index in [4.69, 9.17) is 11.6 Å². The Morgan fingerprint density at radius 3 is 3.00 bits per heavy atom. The molecule has 0 fully saturated rings. The number of rotatable bonds is 4. The third-order valence-corrected chi connectivity index (χ3v) is 3.78. The van der Waals surface area contributed by atoms with Gasteiger partial charge in [-0.3, -0.25) is 4.79 Å². The Bertz CT molecular complexity index is 600. The topological polar surface area (TPSA) is 39.2 Å². The second kappa shape index (κ2) is 6.12. The molecule has 0 saturated heterocycles. The summed E-state index contributed by atoms with van der Waals surface area (Å²) in [5.41, 5.74) is 1.47. The summed E-state index contributed by atoms with van der Waals surface area (Å²) >= 11 is 7.03. The van der Waals surface area contributed by atoms with Gasteiger partial charge in [0, 0.05) is 17.4 Å². The Labute approximate surface area is 119 Å². The van der Waals surface area contributed by atoms with Crippen LogP contribution in [0.4, 0.5) is 4.39 Å². The lowest BCUT2D eigenvalue weighted by Gasteiger charge is -1.98. The average Bonchev–Trinajstić information content (AvgIpc) is 2.88. The second-order valence-corrected chi connectivity index (χ2v) is 5.11. The Kier molecular flexibility index (Phi) is 4.50. The number of carbonyl (C=O) groups is 1. The summed E-state index contributed by atoms with van der Waals surface area (Å²) in [6, 6.07) is 4.57. The molecular formula is C13H11ClFNO2S. The maximum absolute atomic E-state index is 13.4. The van der Waals surface area contributed by atoms with Crippen molar-refractivity contribution in [3.63, 3.8) is 0 Å². The third kappa shape index (κ3) is 3.52. The van der Waals surface area contributed by atoms with Crippen LogP contribution in [0.1, 0.15) is 12.1 Å². The smallest absolute Gasteiger partial charge is 0.305 e. The summed E-state index contributed by atoms with van der Waals surface area (Å²) in [5, 5.41) is 2.65. The van der Waals surface area contributed by atoms with Gasteiger partial charge in [0.05, 0.1) is 24.2 Å². The van der Waals surface area contributed by atoms with Crippen molar-refractivity contribution < 1.29 is 13.9 Å². The lowest BCUT2D eigenvalue weighted by atomic mass is 10.2. The lowest BCUT2D eigenvalue weighted by molar-refractivity contribution is -0.140. The van der Waals surface area contributed by atoms with Crippen molar-refractivity contribution in [2.45, 2.75) is 12.8 Å². The van der Waals surface area contributed by atoms with Crippen LogP contribution in [0.15, 0.2) is 23.6 Å². The van der Waals surface area contributed by atoms with Crippen LogP contribution >= 0.6 is 22.9 Å². The third-order valence-electron chi connectivity index (χ3n) is 2.53. The summed E-state index contributed by atoms with van der Waals surface area (Å²) in [6.45, 7) is 0. The average molecular weight is 300 g/mol. The van der Waals surface area contributed by atoms with Crippen molar-refractivity contribution in [3.05, 3.63) is 40.1 Å². The number of methoxy groups -OCH3 is 1. The second-order valence-electron chi connectivity index (χ2n) is 3.85. The van der Waals surface area contributed by atoms with Crippen molar-refractivity contribution in [2.24, 2.45) is 0 Å². The standard InChI is InChI=1S/C13H11ClFNO2S/c1-18-12(17)5-3-9-7-19-13(16-9)8-2-4-10(14)11(15)6-8/h2,4,6-7H,3,5H2,1H3. The Balaban J connectivity index is 2.12. The molecule has 0 aliphatic carbocycles. The molecule has 0 bridgehead atoms. The van der Waals surface area contributed by atoms with Gasteiger partial charge in [-0.15, -0.1) is 11.3 Å². The highest BCUT2D eigenvalue weighted by molar-refractivity contribution is 7.13. The molecule has 6 heteroatoms. The van der Waals surface area contributed by atoms with E-state index in [1.165, 1.54) is 30.6 Å². The number of esters is 1. The van der Waals surface area contributed by atoms with Crippen LogP contribution in [0.5, 0.6) is 0 Å². The molecule has 0 N–H and O–H groups in total. The van der Waals surface area contributed by atoms with Gasteiger partial charge in [0.15, 0.2) is 0 Å². The first-order valence-electron chi connectivity index (χ1n) is 5.57. The Morgan fingerprint density at radius 1 is 1.53 bits per heavy atom. The number of aromatic nitrogens is 1. The molecule has 2 aromatic rings. The number of thiazole rings is 1. The molecule has 0 radical (unpaired) electrons.